The summed E-state index contributed by atoms with van der Waals surface area (Å²) in [6.07, 6.45) is 2.31. The van der Waals surface area contributed by atoms with Crippen LogP contribution in [0.25, 0.3) is 10.2 Å². The van der Waals surface area contributed by atoms with E-state index in [9.17, 15) is 0 Å². The summed E-state index contributed by atoms with van der Waals surface area (Å²) in [5.74, 6) is 0.590. The van der Waals surface area contributed by atoms with E-state index in [1.807, 2.05) is 24.3 Å². The number of nitrogens with zero attached hydrogens (tertiary/aromatic N) is 2. The van der Waals surface area contributed by atoms with Crippen LogP contribution in [0, 0.1) is 11.3 Å². The van der Waals surface area contributed by atoms with Crippen LogP contribution in [0.3, 0.4) is 0 Å². The summed E-state index contributed by atoms with van der Waals surface area (Å²) in [6.45, 7) is 4.21. The van der Waals surface area contributed by atoms with Gasteiger partial charge < -0.3 is 4.90 Å². The van der Waals surface area contributed by atoms with Gasteiger partial charge >= 0.3 is 0 Å². The van der Waals surface area contributed by atoms with E-state index in [0.29, 0.717) is 5.92 Å². The summed E-state index contributed by atoms with van der Waals surface area (Å²) in [5, 5.41) is 10.3. The molecule has 1 aliphatic heterocycles. The lowest BCUT2D eigenvalue weighted by molar-refractivity contribution is -0.920. The Labute approximate surface area is 117 Å². The van der Waals surface area contributed by atoms with E-state index in [0.717, 1.165) is 31.4 Å². The number of piperidine rings is 1. The zero-order valence-electron chi connectivity index (χ0n) is 11.1. The minimum absolute atomic E-state index is 0.122. The summed E-state index contributed by atoms with van der Waals surface area (Å²) in [4.78, 5) is 6.20. The number of hydrogen-bond donors (Lipinski definition) is 1. The molecule has 1 aromatic heterocycles. The predicted octanol–water partition coefficient (Wildman–Crippen LogP) is 1.97. The molecule has 2 heterocycles. The molecule has 1 fully saturated rings. The SMILES string of the molecule is C[C@H](C#N)[NH+]1CCC(c2nc3ccccc3s2)CC1. The number of quaternary nitrogens is 1. The van der Waals surface area contributed by atoms with E-state index in [-0.39, 0.29) is 6.04 Å². The topological polar surface area (TPSA) is 41.1 Å². The van der Waals surface area contributed by atoms with Gasteiger partial charge in [0.1, 0.15) is 6.07 Å². The van der Waals surface area contributed by atoms with E-state index in [4.69, 9.17) is 10.2 Å². The molecule has 3 rings (SSSR count). The van der Waals surface area contributed by atoms with Crippen molar-refractivity contribution < 1.29 is 4.90 Å². The Morgan fingerprint density at radius 3 is 2.79 bits per heavy atom. The lowest BCUT2D eigenvalue weighted by atomic mass is 9.97. The number of benzene rings is 1. The molecule has 0 saturated carbocycles. The Hall–Kier alpha value is -1.44. The average molecular weight is 272 g/mol. The second-order valence-electron chi connectivity index (χ2n) is 5.30. The molecule has 1 N–H and O–H groups in total. The summed E-state index contributed by atoms with van der Waals surface area (Å²) < 4.78 is 1.29. The number of aromatic nitrogens is 1. The molecule has 3 nitrogen and oxygen atoms in total. The highest BCUT2D eigenvalue weighted by Gasteiger charge is 2.28. The monoisotopic (exact) mass is 272 g/mol. The molecular formula is C15H18N3S+. The Balaban J connectivity index is 1.73. The molecule has 0 spiro atoms. The number of para-hydroxylation sites is 1. The number of fused-ring (bicyclic) bond motifs is 1. The third-order valence-electron chi connectivity index (χ3n) is 4.09. The molecule has 4 heteroatoms. The fourth-order valence-corrected chi connectivity index (χ4v) is 3.96. The third-order valence-corrected chi connectivity index (χ3v) is 5.29. The van der Waals surface area contributed by atoms with E-state index >= 15 is 0 Å². The van der Waals surface area contributed by atoms with Crippen molar-refractivity contribution in [2.75, 3.05) is 13.1 Å². The van der Waals surface area contributed by atoms with Crippen LogP contribution in [0.1, 0.15) is 30.7 Å². The largest absolute Gasteiger partial charge is 0.321 e. The Kier molecular flexibility index (Phi) is 3.50. The van der Waals surface area contributed by atoms with Gasteiger partial charge in [0.25, 0.3) is 0 Å². The van der Waals surface area contributed by atoms with E-state index < -0.39 is 0 Å². The van der Waals surface area contributed by atoms with Crippen LogP contribution in [0.15, 0.2) is 24.3 Å². The molecule has 2 aromatic rings. The first-order chi connectivity index (χ1) is 9.28. The van der Waals surface area contributed by atoms with Crippen LogP contribution in [-0.2, 0) is 0 Å². The molecule has 1 atom stereocenters. The summed E-state index contributed by atoms with van der Waals surface area (Å²) in [6, 6.07) is 10.8. The maximum Gasteiger partial charge on any atom is 0.172 e. The minimum atomic E-state index is 0.122. The second-order valence-corrected chi connectivity index (χ2v) is 6.37. The molecule has 1 aliphatic rings. The molecule has 98 valence electrons. The fraction of sp³-hybridized carbons (Fsp3) is 0.467. The van der Waals surface area contributed by atoms with Crippen molar-refractivity contribution in [1.82, 2.24) is 4.98 Å². The molecular weight excluding hydrogens is 254 g/mol. The molecule has 0 radical (unpaired) electrons. The Morgan fingerprint density at radius 2 is 2.11 bits per heavy atom. The van der Waals surface area contributed by atoms with Crippen molar-refractivity contribution in [3.05, 3.63) is 29.3 Å². The number of rotatable bonds is 2. The third kappa shape index (κ3) is 2.49. The number of nitriles is 1. The molecule has 1 saturated heterocycles. The van der Waals surface area contributed by atoms with Gasteiger partial charge in [0.2, 0.25) is 0 Å². The summed E-state index contributed by atoms with van der Waals surface area (Å²) >= 11 is 1.83. The highest BCUT2D eigenvalue weighted by Crippen LogP contribution is 2.31. The van der Waals surface area contributed by atoms with Gasteiger partial charge in [0.05, 0.1) is 28.3 Å². The van der Waals surface area contributed by atoms with Crippen LogP contribution >= 0.6 is 11.3 Å². The van der Waals surface area contributed by atoms with Gasteiger partial charge in [-0.2, -0.15) is 5.26 Å². The quantitative estimate of drug-likeness (QED) is 0.908. The van der Waals surface area contributed by atoms with Crippen LogP contribution in [0.4, 0.5) is 0 Å². The van der Waals surface area contributed by atoms with E-state index in [1.54, 1.807) is 0 Å². The van der Waals surface area contributed by atoms with Crippen molar-refractivity contribution >= 4 is 21.6 Å². The van der Waals surface area contributed by atoms with Crippen LogP contribution in [0.5, 0.6) is 0 Å². The van der Waals surface area contributed by atoms with Crippen molar-refractivity contribution in [3.63, 3.8) is 0 Å². The van der Waals surface area contributed by atoms with Gasteiger partial charge in [-0.05, 0) is 12.1 Å². The van der Waals surface area contributed by atoms with Crippen molar-refractivity contribution in [2.45, 2.75) is 31.7 Å². The highest BCUT2D eigenvalue weighted by molar-refractivity contribution is 7.18. The lowest BCUT2D eigenvalue weighted by Gasteiger charge is -2.29. The first-order valence-electron chi connectivity index (χ1n) is 6.87. The number of thiazole rings is 1. The average Bonchev–Trinajstić information content (AvgIpc) is 2.90. The van der Waals surface area contributed by atoms with Crippen LogP contribution in [0.2, 0.25) is 0 Å². The fourth-order valence-electron chi connectivity index (χ4n) is 2.82. The number of likely N-dealkylation sites (tertiary alicyclic amines) is 1. The first-order valence-corrected chi connectivity index (χ1v) is 7.69. The Morgan fingerprint density at radius 1 is 1.37 bits per heavy atom. The standard InChI is InChI=1S/C15H17N3S/c1-11(10-16)18-8-6-12(7-9-18)15-17-13-4-2-3-5-14(13)19-15/h2-5,11-12H,6-9H2,1H3/p+1/t11-/m1/s1. The second kappa shape index (κ2) is 5.28. The van der Waals surface area contributed by atoms with Gasteiger partial charge in [-0.3, -0.25) is 0 Å². The van der Waals surface area contributed by atoms with Gasteiger partial charge in [0.15, 0.2) is 6.04 Å². The maximum atomic E-state index is 8.98. The van der Waals surface area contributed by atoms with Crippen LogP contribution < -0.4 is 4.90 Å². The van der Waals surface area contributed by atoms with Gasteiger partial charge in [-0.15, -0.1) is 11.3 Å². The number of nitrogens with one attached hydrogen (secondary N) is 1. The normalized spacial score (nSPS) is 25.1. The molecule has 0 bridgehead atoms. The predicted molar refractivity (Wildman–Crippen MR) is 77.4 cm³/mol. The smallest absolute Gasteiger partial charge is 0.172 e. The Bertz CT molecular complexity index is 572. The molecule has 19 heavy (non-hydrogen) atoms. The highest BCUT2D eigenvalue weighted by atomic mass is 32.1. The van der Waals surface area contributed by atoms with Gasteiger partial charge in [-0.25, -0.2) is 4.98 Å². The van der Waals surface area contributed by atoms with Crippen molar-refractivity contribution in [3.8, 4) is 6.07 Å². The number of hydrogen-bond acceptors (Lipinski definition) is 3. The summed E-state index contributed by atoms with van der Waals surface area (Å²) in [7, 11) is 0. The lowest BCUT2D eigenvalue weighted by Crippen LogP contribution is -3.16. The van der Waals surface area contributed by atoms with E-state index in [2.05, 4.69) is 24.3 Å². The van der Waals surface area contributed by atoms with Crippen molar-refractivity contribution in [1.29, 1.82) is 5.26 Å². The summed E-state index contributed by atoms with van der Waals surface area (Å²) in [5.41, 5.74) is 1.13. The maximum absolute atomic E-state index is 8.98. The van der Waals surface area contributed by atoms with Gasteiger partial charge in [-0.1, -0.05) is 12.1 Å². The first kappa shape index (κ1) is 12.6. The van der Waals surface area contributed by atoms with Gasteiger partial charge in [0, 0.05) is 25.7 Å². The molecule has 1 aromatic carbocycles. The van der Waals surface area contributed by atoms with E-state index in [1.165, 1.54) is 14.6 Å². The van der Waals surface area contributed by atoms with Crippen LogP contribution in [-0.4, -0.2) is 24.1 Å². The molecule has 0 aliphatic carbocycles. The zero-order chi connectivity index (χ0) is 13.2. The van der Waals surface area contributed by atoms with Crippen molar-refractivity contribution in [2.24, 2.45) is 0 Å². The molecule has 0 amide bonds. The zero-order valence-corrected chi connectivity index (χ0v) is 11.9. The minimum Gasteiger partial charge on any atom is -0.321 e. The molecule has 0 unspecified atom stereocenters.